The highest BCUT2D eigenvalue weighted by Crippen LogP contribution is 2.19. The normalized spacial score (nSPS) is 11.8. The second-order valence-corrected chi connectivity index (χ2v) is 6.50. The van der Waals surface area contributed by atoms with E-state index >= 15 is 0 Å². The van der Waals surface area contributed by atoms with Crippen molar-refractivity contribution in [2.75, 3.05) is 6.54 Å². The van der Waals surface area contributed by atoms with E-state index in [0.29, 0.717) is 12.0 Å². The monoisotopic (exact) mass is 327 g/mol. The van der Waals surface area contributed by atoms with Gasteiger partial charge in [0.1, 0.15) is 0 Å². The molecule has 1 aromatic carbocycles. The van der Waals surface area contributed by atoms with Crippen molar-refractivity contribution < 1.29 is 17.2 Å². The number of nitrogens with one attached hydrogen (secondary N) is 1. The fourth-order valence-electron chi connectivity index (χ4n) is 1.85. The zero-order valence-corrected chi connectivity index (χ0v) is 12.4. The second-order valence-electron chi connectivity index (χ2n) is 4.70. The third kappa shape index (κ3) is 5.12. The predicted molar refractivity (Wildman–Crippen MR) is 77.8 cm³/mol. The van der Waals surface area contributed by atoms with E-state index in [4.69, 9.17) is 0 Å². The Labute approximate surface area is 127 Å². The Morgan fingerprint density at radius 2 is 1.77 bits per heavy atom. The highest BCUT2D eigenvalue weighted by atomic mass is 32.2. The average molecular weight is 327 g/mol. The van der Waals surface area contributed by atoms with Crippen LogP contribution in [-0.4, -0.2) is 25.2 Å². The molecule has 0 atom stereocenters. The lowest BCUT2D eigenvalue weighted by atomic mass is 10.2. The molecule has 22 heavy (non-hydrogen) atoms. The molecule has 0 radical (unpaired) electrons. The predicted octanol–water partition coefficient (Wildman–Crippen LogP) is 2.08. The minimum absolute atomic E-state index is 0.126. The summed E-state index contributed by atoms with van der Waals surface area (Å²) < 4.78 is 51.2. The molecule has 0 aliphatic rings. The van der Waals surface area contributed by atoms with E-state index in [1.807, 2.05) is 0 Å². The van der Waals surface area contributed by atoms with Gasteiger partial charge >= 0.3 is 0 Å². The number of benzene rings is 1. The van der Waals surface area contributed by atoms with Crippen molar-refractivity contribution in [2.24, 2.45) is 0 Å². The van der Waals surface area contributed by atoms with Crippen molar-refractivity contribution in [3.05, 3.63) is 59.4 Å². The van der Waals surface area contributed by atoms with Crippen molar-refractivity contribution in [1.82, 2.24) is 14.9 Å². The van der Waals surface area contributed by atoms with Gasteiger partial charge in [-0.2, -0.15) is 10.2 Å². The first-order chi connectivity index (χ1) is 10.5. The molecule has 0 aliphatic carbocycles. The molecule has 118 valence electrons. The Kier molecular flexibility index (Phi) is 5.51. The van der Waals surface area contributed by atoms with E-state index in [0.717, 1.165) is 5.56 Å². The molecule has 1 N–H and O–H groups in total. The van der Waals surface area contributed by atoms with Crippen LogP contribution in [0.15, 0.2) is 42.7 Å². The Balaban J connectivity index is 1.88. The highest BCUT2D eigenvalue weighted by Gasteiger charge is 2.12. The van der Waals surface area contributed by atoms with Gasteiger partial charge in [0.05, 0.1) is 11.9 Å². The van der Waals surface area contributed by atoms with E-state index < -0.39 is 16.4 Å². The van der Waals surface area contributed by atoms with Crippen LogP contribution < -0.4 is 4.72 Å². The molecular weight excluding hydrogens is 312 g/mol. The third-order valence-corrected chi connectivity index (χ3v) is 4.33. The summed E-state index contributed by atoms with van der Waals surface area (Å²) >= 11 is 0. The maximum atomic E-state index is 12.4. The van der Waals surface area contributed by atoms with E-state index in [-0.39, 0.29) is 17.9 Å². The standard InChI is InChI=1S/C14H15F2N3O2S/c15-14(16)13-3-1-12(2-4-13)10-22(20,21)19-8-6-11-5-7-17-18-9-11/h1-5,7,9,14,19H,6,8,10H2. The van der Waals surface area contributed by atoms with Crippen LogP contribution in [0.4, 0.5) is 8.78 Å². The molecule has 1 heterocycles. The van der Waals surface area contributed by atoms with Crippen LogP contribution in [0.3, 0.4) is 0 Å². The largest absolute Gasteiger partial charge is 0.263 e. The van der Waals surface area contributed by atoms with Crippen LogP contribution >= 0.6 is 0 Å². The number of nitrogens with zero attached hydrogens (tertiary/aromatic N) is 2. The van der Waals surface area contributed by atoms with Crippen LogP contribution in [0.1, 0.15) is 23.1 Å². The number of hydrogen-bond donors (Lipinski definition) is 1. The molecule has 8 heteroatoms. The third-order valence-electron chi connectivity index (χ3n) is 2.97. The van der Waals surface area contributed by atoms with Crippen molar-refractivity contribution in [3.8, 4) is 0 Å². The number of rotatable bonds is 7. The lowest BCUT2D eigenvalue weighted by Crippen LogP contribution is -2.27. The summed E-state index contributed by atoms with van der Waals surface area (Å²) in [5.74, 6) is -0.245. The van der Waals surface area contributed by atoms with Gasteiger partial charge in [0.15, 0.2) is 0 Å². The van der Waals surface area contributed by atoms with Gasteiger partial charge in [0.2, 0.25) is 10.0 Å². The minimum atomic E-state index is -3.51. The van der Waals surface area contributed by atoms with Gasteiger partial charge in [-0.3, -0.25) is 0 Å². The lowest BCUT2D eigenvalue weighted by Gasteiger charge is -2.07. The molecule has 0 saturated carbocycles. The summed E-state index contributed by atoms with van der Waals surface area (Å²) in [5, 5.41) is 7.34. The van der Waals surface area contributed by atoms with Crippen molar-refractivity contribution in [1.29, 1.82) is 0 Å². The Morgan fingerprint density at radius 1 is 1.05 bits per heavy atom. The fraction of sp³-hybridized carbons (Fsp3) is 0.286. The molecule has 0 aliphatic heterocycles. The Bertz CT molecular complexity index is 692. The summed E-state index contributed by atoms with van der Waals surface area (Å²) in [6.45, 7) is 0.239. The number of aromatic nitrogens is 2. The molecule has 1 aromatic heterocycles. The van der Waals surface area contributed by atoms with E-state index in [2.05, 4.69) is 14.9 Å². The summed E-state index contributed by atoms with van der Waals surface area (Å²) in [6, 6.07) is 7.02. The van der Waals surface area contributed by atoms with Crippen LogP contribution in [0, 0.1) is 0 Å². The van der Waals surface area contributed by atoms with Crippen LogP contribution in [0.2, 0.25) is 0 Å². The smallest absolute Gasteiger partial charge is 0.215 e. The lowest BCUT2D eigenvalue weighted by molar-refractivity contribution is 0.151. The van der Waals surface area contributed by atoms with Gasteiger partial charge < -0.3 is 0 Å². The van der Waals surface area contributed by atoms with Crippen molar-refractivity contribution >= 4 is 10.0 Å². The van der Waals surface area contributed by atoms with Crippen LogP contribution in [0.25, 0.3) is 0 Å². The van der Waals surface area contributed by atoms with Crippen molar-refractivity contribution in [3.63, 3.8) is 0 Å². The van der Waals surface area contributed by atoms with Gasteiger partial charge in [-0.05, 0) is 23.6 Å². The molecule has 0 amide bonds. The molecular formula is C14H15F2N3O2S. The quantitative estimate of drug-likeness (QED) is 0.845. The minimum Gasteiger partial charge on any atom is -0.215 e. The summed E-state index contributed by atoms with van der Waals surface area (Å²) in [4.78, 5) is 0. The summed E-state index contributed by atoms with van der Waals surface area (Å²) in [6.07, 6.45) is 1.04. The fourth-order valence-corrected chi connectivity index (χ4v) is 2.99. The first-order valence-corrected chi connectivity index (χ1v) is 8.21. The van der Waals surface area contributed by atoms with Crippen LogP contribution in [0.5, 0.6) is 0 Å². The number of alkyl halides is 2. The Morgan fingerprint density at radius 3 is 2.36 bits per heavy atom. The maximum absolute atomic E-state index is 12.4. The molecule has 5 nitrogen and oxygen atoms in total. The molecule has 0 fully saturated rings. The van der Waals surface area contributed by atoms with Crippen LogP contribution in [-0.2, 0) is 22.2 Å². The zero-order valence-electron chi connectivity index (χ0n) is 11.6. The van der Waals surface area contributed by atoms with Gasteiger partial charge in [0.25, 0.3) is 6.43 Å². The second kappa shape index (κ2) is 7.37. The van der Waals surface area contributed by atoms with E-state index in [9.17, 15) is 17.2 Å². The molecule has 2 aromatic rings. The summed E-state index contributed by atoms with van der Waals surface area (Å²) in [5.41, 5.74) is 1.21. The van der Waals surface area contributed by atoms with Gasteiger partial charge in [-0.1, -0.05) is 24.3 Å². The molecule has 0 spiro atoms. The van der Waals surface area contributed by atoms with E-state index in [1.54, 1.807) is 12.3 Å². The first-order valence-electron chi connectivity index (χ1n) is 6.56. The van der Waals surface area contributed by atoms with Gasteiger partial charge in [-0.25, -0.2) is 21.9 Å². The highest BCUT2D eigenvalue weighted by molar-refractivity contribution is 7.88. The number of halogens is 2. The summed E-state index contributed by atoms with van der Waals surface area (Å²) in [7, 11) is -3.51. The first kappa shape index (κ1) is 16.4. The zero-order chi connectivity index (χ0) is 16.0. The van der Waals surface area contributed by atoms with Gasteiger partial charge in [-0.15, -0.1) is 0 Å². The topological polar surface area (TPSA) is 72.0 Å². The molecule has 0 bridgehead atoms. The van der Waals surface area contributed by atoms with Gasteiger partial charge in [0, 0.05) is 18.3 Å². The number of sulfonamides is 1. The SMILES string of the molecule is O=S(=O)(Cc1ccc(C(F)F)cc1)NCCc1ccnnc1. The van der Waals surface area contributed by atoms with Crippen molar-refractivity contribution in [2.45, 2.75) is 18.6 Å². The Hall–Kier alpha value is -1.93. The molecule has 0 unspecified atom stereocenters. The maximum Gasteiger partial charge on any atom is 0.263 e. The molecule has 0 saturated heterocycles. The molecule has 2 rings (SSSR count). The average Bonchev–Trinajstić information content (AvgIpc) is 2.48. The van der Waals surface area contributed by atoms with E-state index in [1.165, 1.54) is 30.5 Å². The number of hydrogen-bond acceptors (Lipinski definition) is 4.